The van der Waals surface area contributed by atoms with E-state index in [9.17, 15) is 14.4 Å². The number of nitrogens with one attached hydrogen (secondary N) is 1. The monoisotopic (exact) mass is 464 g/mol. The van der Waals surface area contributed by atoms with Gasteiger partial charge >= 0.3 is 12.1 Å². The van der Waals surface area contributed by atoms with Gasteiger partial charge in [-0.2, -0.15) is 0 Å². The van der Waals surface area contributed by atoms with Crippen molar-refractivity contribution in [2.45, 2.75) is 63.5 Å². The molecule has 0 radical (unpaired) electrons. The molecule has 1 saturated heterocycles. The van der Waals surface area contributed by atoms with Crippen LogP contribution < -0.4 is 5.32 Å². The van der Waals surface area contributed by atoms with E-state index in [-0.39, 0.29) is 30.9 Å². The van der Waals surface area contributed by atoms with Crippen molar-refractivity contribution in [3.63, 3.8) is 0 Å². The summed E-state index contributed by atoms with van der Waals surface area (Å²) in [5.41, 5.74) is 4.59. The Labute approximate surface area is 200 Å². The summed E-state index contributed by atoms with van der Waals surface area (Å²) < 4.78 is 5.64. The van der Waals surface area contributed by atoms with E-state index in [1.54, 1.807) is 4.90 Å². The molecule has 2 atom stereocenters. The first-order valence-corrected chi connectivity index (χ1v) is 12.1. The summed E-state index contributed by atoms with van der Waals surface area (Å²) in [5.74, 6) is -1.05. The van der Waals surface area contributed by atoms with Crippen LogP contribution in [-0.4, -0.2) is 53.2 Å². The number of ether oxygens (including phenoxy) is 1. The van der Waals surface area contributed by atoms with Gasteiger partial charge in [-0.15, -0.1) is 0 Å². The van der Waals surface area contributed by atoms with Crippen LogP contribution >= 0.6 is 0 Å². The molecule has 34 heavy (non-hydrogen) atoms. The van der Waals surface area contributed by atoms with Gasteiger partial charge in [-0.25, -0.2) is 4.79 Å². The Morgan fingerprint density at radius 1 is 1.09 bits per heavy atom. The lowest BCUT2D eigenvalue weighted by molar-refractivity contribution is -0.139. The van der Waals surface area contributed by atoms with Crippen LogP contribution in [-0.2, 0) is 14.3 Å². The van der Waals surface area contributed by atoms with Crippen LogP contribution in [0.25, 0.3) is 11.1 Å². The van der Waals surface area contributed by atoms with Crippen molar-refractivity contribution in [2.75, 3.05) is 13.2 Å². The predicted molar refractivity (Wildman–Crippen MR) is 129 cm³/mol. The number of hydrogen-bond donors (Lipinski definition) is 2. The molecule has 0 bridgehead atoms. The molecule has 0 spiro atoms. The van der Waals surface area contributed by atoms with Crippen molar-refractivity contribution in [2.24, 2.45) is 0 Å². The highest BCUT2D eigenvalue weighted by molar-refractivity contribution is 5.86. The van der Waals surface area contributed by atoms with E-state index in [0.29, 0.717) is 19.4 Å². The summed E-state index contributed by atoms with van der Waals surface area (Å²) in [5, 5.41) is 11.8. The maximum Gasteiger partial charge on any atom is 0.407 e. The third-order valence-corrected chi connectivity index (χ3v) is 6.86. The average Bonchev–Trinajstić information content (AvgIpc) is 3.43. The maximum absolute atomic E-state index is 13.2. The van der Waals surface area contributed by atoms with Crippen molar-refractivity contribution < 1.29 is 24.2 Å². The first-order valence-electron chi connectivity index (χ1n) is 12.1. The molecular formula is C27H32N2O5. The predicted octanol–water partition coefficient (Wildman–Crippen LogP) is 4.55. The standard InChI is InChI=1S/C27H32N2O5/c1-2-8-24(26(32)29-16-7-9-18(29)14-15-25(30)31)28-27(33)34-17-23-21-12-5-3-10-19(21)20-11-4-6-13-22(20)23/h3-6,10-13,18,23-24H,2,7-9,14-17H2,1H3,(H,28,33)(H,30,31)/t18?,24-/m0/s1. The zero-order valence-electron chi connectivity index (χ0n) is 19.5. The lowest BCUT2D eigenvalue weighted by atomic mass is 9.98. The highest BCUT2D eigenvalue weighted by atomic mass is 16.5. The lowest BCUT2D eigenvalue weighted by Gasteiger charge is -2.29. The molecule has 1 aliphatic carbocycles. The summed E-state index contributed by atoms with van der Waals surface area (Å²) >= 11 is 0. The van der Waals surface area contributed by atoms with Crippen LogP contribution in [0.2, 0.25) is 0 Å². The van der Waals surface area contributed by atoms with Gasteiger partial charge in [-0.1, -0.05) is 61.9 Å². The van der Waals surface area contributed by atoms with Crippen molar-refractivity contribution in [1.29, 1.82) is 0 Å². The van der Waals surface area contributed by atoms with Crippen molar-refractivity contribution >= 4 is 18.0 Å². The van der Waals surface area contributed by atoms with E-state index in [2.05, 4.69) is 29.6 Å². The fourth-order valence-corrected chi connectivity index (χ4v) is 5.24. The Morgan fingerprint density at radius 3 is 2.35 bits per heavy atom. The summed E-state index contributed by atoms with van der Waals surface area (Å²) in [6.07, 6.45) is 2.74. The number of amides is 2. The molecule has 1 heterocycles. The van der Waals surface area contributed by atoms with E-state index in [4.69, 9.17) is 9.84 Å². The van der Waals surface area contributed by atoms with Crippen LogP contribution in [0.5, 0.6) is 0 Å². The van der Waals surface area contributed by atoms with Gasteiger partial charge in [0, 0.05) is 24.9 Å². The number of carbonyl (C=O) groups excluding carboxylic acids is 2. The molecular weight excluding hydrogens is 432 g/mol. The highest BCUT2D eigenvalue weighted by Crippen LogP contribution is 2.44. The SMILES string of the molecule is CCC[C@H](NC(=O)OCC1c2ccccc2-c2ccccc21)C(=O)N1CCCC1CCC(=O)O. The Bertz CT molecular complexity index is 1010. The number of carboxylic acid groups (broad SMARTS) is 1. The number of nitrogens with zero attached hydrogens (tertiary/aromatic N) is 1. The number of fused-ring (bicyclic) bond motifs is 3. The molecule has 2 aromatic rings. The van der Waals surface area contributed by atoms with Gasteiger partial charge in [0.15, 0.2) is 0 Å². The van der Waals surface area contributed by atoms with Gasteiger partial charge in [-0.05, 0) is 47.9 Å². The van der Waals surface area contributed by atoms with Crippen molar-refractivity contribution in [1.82, 2.24) is 10.2 Å². The van der Waals surface area contributed by atoms with Crippen LogP contribution in [0, 0.1) is 0 Å². The number of hydrogen-bond acceptors (Lipinski definition) is 4. The second-order valence-electron chi connectivity index (χ2n) is 9.07. The first kappa shape index (κ1) is 23.8. The van der Waals surface area contributed by atoms with Crippen LogP contribution in [0.4, 0.5) is 4.79 Å². The van der Waals surface area contributed by atoms with Gasteiger partial charge in [0.1, 0.15) is 12.6 Å². The maximum atomic E-state index is 13.2. The number of benzene rings is 2. The molecule has 2 N–H and O–H groups in total. The second-order valence-corrected chi connectivity index (χ2v) is 9.07. The third-order valence-electron chi connectivity index (χ3n) is 6.86. The van der Waals surface area contributed by atoms with E-state index >= 15 is 0 Å². The Kier molecular flexibility index (Phi) is 7.50. The van der Waals surface area contributed by atoms with Gasteiger partial charge in [0.25, 0.3) is 0 Å². The van der Waals surface area contributed by atoms with E-state index < -0.39 is 18.1 Å². The fraction of sp³-hybridized carbons (Fsp3) is 0.444. The minimum atomic E-state index is -0.860. The second kappa shape index (κ2) is 10.7. The molecule has 0 aromatic heterocycles. The number of carboxylic acids is 1. The molecule has 4 rings (SSSR count). The fourth-order valence-electron chi connectivity index (χ4n) is 5.24. The molecule has 2 aromatic carbocycles. The van der Waals surface area contributed by atoms with Crippen LogP contribution in [0.3, 0.4) is 0 Å². The van der Waals surface area contributed by atoms with Gasteiger partial charge in [0.05, 0.1) is 0 Å². The smallest absolute Gasteiger partial charge is 0.407 e. The molecule has 1 fully saturated rings. The Balaban J connectivity index is 1.39. The molecule has 7 heteroatoms. The zero-order valence-corrected chi connectivity index (χ0v) is 19.5. The van der Waals surface area contributed by atoms with Crippen LogP contribution in [0.1, 0.15) is 62.5 Å². The topological polar surface area (TPSA) is 95.9 Å². The average molecular weight is 465 g/mol. The van der Waals surface area contributed by atoms with Gasteiger partial charge in [-0.3, -0.25) is 9.59 Å². The van der Waals surface area contributed by atoms with Gasteiger partial charge < -0.3 is 20.1 Å². The third kappa shape index (κ3) is 5.08. The largest absolute Gasteiger partial charge is 0.481 e. The minimum absolute atomic E-state index is 0.0344. The summed E-state index contributed by atoms with van der Waals surface area (Å²) in [7, 11) is 0. The minimum Gasteiger partial charge on any atom is -0.481 e. The van der Waals surface area contributed by atoms with Crippen molar-refractivity contribution in [3.8, 4) is 11.1 Å². The normalized spacial score (nSPS) is 17.7. The molecule has 0 saturated carbocycles. The molecule has 1 aliphatic heterocycles. The van der Waals surface area contributed by atoms with E-state index in [1.165, 1.54) is 0 Å². The molecule has 180 valence electrons. The number of likely N-dealkylation sites (tertiary alicyclic amines) is 1. The van der Waals surface area contributed by atoms with E-state index in [1.807, 2.05) is 31.2 Å². The number of aliphatic carboxylic acids is 1. The molecule has 2 aliphatic rings. The van der Waals surface area contributed by atoms with E-state index in [0.717, 1.165) is 41.5 Å². The van der Waals surface area contributed by atoms with Crippen LogP contribution in [0.15, 0.2) is 48.5 Å². The quantitative estimate of drug-likeness (QED) is 0.568. The highest BCUT2D eigenvalue weighted by Gasteiger charge is 2.34. The molecule has 1 unspecified atom stereocenters. The first-order chi connectivity index (χ1) is 16.5. The molecule has 2 amide bonds. The van der Waals surface area contributed by atoms with Crippen molar-refractivity contribution in [3.05, 3.63) is 59.7 Å². The molecule has 7 nitrogen and oxygen atoms in total. The lowest BCUT2D eigenvalue weighted by Crippen LogP contribution is -2.50. The van der Waals surface area contributed by atoms with Gasteiger partial charge in [0.2, 0.25) is 5.91 Å². The number of alkyl carbamates (subject to hydrolysis) is 1. The Morgan fingerprint density at radius 2 is 1.74 bits per heavy atom. The zero-order chi connectivity index (χ0) is 24.1. The Hall–Kier alpha value is -3.35. The summed E-state index contributed by atoms with van der Waals surface area (Å²) in [4.78, 5) is 38.7. The summed E-state index contributed by atoms with van der Waals surface area (Å²) in [6.45, 7) is 2.75. The number of carbonyl (C=O) groups is 3. The summed E-state index contributed by atoms with van der Waals surface area (Å²) in [6, 6.07) is 15.5. The number of rotatable bonds is 9.